The quantitative estimate of drug-likeness (QED) is 0.408. The molecule has 32 heavy (non-hydrogen) atoms. The summed E-state index contributed by atoms with van der Waals surface area (Å²) in [5, 5.41) is 0.613. The second-order valence-electron chi connectivity index (χ2n) is 7.77. The van der Waals surface area contributed by atoms with Crippen molar-refractivity contribution < 1.29 is 23.8 Å². The predicted molar refractivity (Wildman–Crippen MR) is 123 cm³/mol. The van der Waals surface area contributed by atoms with Crippen molar-refractivity contribution in [2.45, 2.75) is 32.8 Å². The van der Waals surface area contributed by atoms with Gasteiger partial charge in [0.15, 0.2) is 5.13 Å². The number of anilines is 1. The van der Waals surface area contributed by atoms with Crippen LogP contribution in [-0.4, -0.2) is 61.4 Å². The number of hydrogen-bond acceptors (Lipinski definition) is 7. The van der Waals surface area contributed by atoms with E-state index < -0.39 is 5.97 Å². The number of carbonyl (C=O) groups is 2. The molecule has 1 aromatic carbocycles. The van der Waals surface area contributed by atoms with Gasteiger partial charge in [-0.3, -0.25) is 9.69 Å². The lowest BCUT2D eigenvalue weighted by atomic mass is 10.1. The molecule has 1 amide bonds. The minimum Gasteiger partial charge on any atom is -0.460 e. The van der Waals surface area contributed by atoms with Gasteiger partial charge in [0.1, 0.15) is 12.3 Å². The Morgan fingerprint density at radius 2 is 2.09 bits per heavy atom. The second kappa shape index (κ2) is 9.81. The maximum atomic E-state index is 13.7. The van der Waals surface area contributed by atoms with E-state index in [0.29, 0.717) is 47.4 Å². The molecule has 3 heterocycles. The zero-order chi connectivity index (χ0) is 22.7. The van der Waals surface area contributed by atoms with Gasteiger partial charge in [0.05, 0.1) is 35.0 Å². The molecule has 4 rings (SSSR count). The average molecular weight is 458 g/mol. The number of methoxy groups -OCH3 is 1. The average Bonchev–Trinajstić information content (AvgIpc) is 3.50. The number of ether oxygens (including phenoxy) is 3. The number of aromatic amines is 1. The first kappa shape index (κ1) is 22.4. The number of rotatable bonds is 8. The molecule has 1 saturated heterocycles. The number of hydrogen-bond donors (Lipinski definition) is 1. The SMILES string of the molecule is COCCOC(=O)c1c(C)[nH]c(C(=O)N(CC2CCCO2)c2nc3ccccc3s2)c1C. The molecule has 9 heteroatoms. The Labute approximate surface area is 190 Å². The summed E-state index contributed by atoms with van der Waals surface area (Å²) in [6.45, 7) is 5.09. The molecular weight excluding hydrogens is 430 g/mol. The third-order valence-electron chi connectivity index (χ3n) is 5.54. The van der Waals surface area contributed by atoms with Crippen molar-refractivity contribution in [2.75, 3.05) is 38.4 Å². The highest BCUT2D eigenvalue weighted by Gasteiger charge is 2.31. The zero-order valence-electron chi connectivity index (χ0n) is 18.5. The van der Waals surface area contributed by atoms with E-state index in [2.05, 4.69) is 4.98 Å². The van der Waals surface area contributed by atoms with Gasteiger partial charge >= 0.3 is 5.97 Å². The molecule has 1 unspecified atom stereocenters. The topological polar surface area (TPSA) is 93.8 Å². The van der Waals surface area contributed by atoms with Crippen molar-refractivity contribution >= 4 is 38.6 Å². The summed E-state index contributed by atoms with van der Waals surface area (Å²) in [6, 6.07) is 7.81. The highest BCUT2D eigenvalue weighted by molar-refractivity contribution is 7.22. The highest BCUT2D eigenvalue weighted by Crippen LogP contribution is 2.31. The number of H-pyrrole nitrogens is 1. The third kappa shape index (κ3) is 4.55. The van der Waals surface area contributed by atoms with E-state index in [0.717, 1.165) is 23.1 Å². The number of thiazole rings is 1. The maximum Gasteiger partial charge on any atom is 0.340 e. The highest BCUT2D eigenvalue weighted by atomic mass is 32.1. The van der Waals surface area contributed by atoms with E-state index in [1.165, 1.54) is 11.3 Å². The van der Waals surface area contributed by atoms with Crippen LogP contribution >= 0.6 is 11.3 Å². The van der Waals surface area contributed by atoms with Crippen LogP contribution < -0.4 is 4.90 Å². The minimum absolute atomic E-state index is 0.0409. The fourth-order valence-electron chi connectivity index (χ4n) is 3.91. The fourth-order valence-corrected chi connectivity index (χ4v) is 4.88. The number of para-hydroxylation sites is 1. The Hall–Kier alpha value is -2.75. The van der Waals surface area contributed by atoms with Crippen molar-refractivity contribution in [3.05, 3.63) is 46.8 Å². The van der Waals surface area contributed by atoms with Gasteiger partial charge in [0.2, 0.25) is 0 Å². The standard InChI is InChI=1S/C23H27N3O5S/c1-14-19(22(28)31-12-11-29-3)15(2)24-20(14)21(27)26(13-16-7-6-10-30-16)23-25-17-8-4-5-9-18(17)32-23/h4-5,8-9,16,24H,6-7,10-13H2,1-3H3. The van der Waals surface area contributed by atoms with E-state index in [1.807, 2.05) is 24.3 Å². The molecule has 0 saturated carbocycles. The van der Waals surface area contributed by atoms with Crippen molar-refractivity contribution in [3.8, 4) is 0 Å². The molecule has 2 aromatic heterocycles. The van der Waals surface area contributed by atoms with E-state index in [4.69, 9.17) is 19.2 Å². The maximum absolute atomic E-state index is 13.7. The number of benzene rings is 1. The Morgan fingerprint density at radius 1 is 1.28 bits per heavy atom. The van der Waals surface area contributed by atoms with Crippen LogP contribution in [0.5, 0.6) is 0 Å². The molecule has 0 aliphatic carbocycles. The van der Waals surface area contributed by atoms with Gasteiger partial charge in [0, 0.05) is 19.4 Å². The number of esters is 1. The molecule has 0 radical (unpaired) electrons. The molecule has 1 fully saturated rings. The van der Waals surface area contributed by atoms with Crippen molar-refractivity contribution in [3.63, 3.8) is 0 Å². The van der Waals surface area contributed by atoms with Gasteiger partial charge in [-0.25, -0.2) is 9.78 Å². The normalized spacial score (nSPS) is 15.9. The summed E-state index contributed by atoms with van der Waals surface area (Å²) in [7, 11) is 1.54. The molecule has 1 aliphatic heterocycles. The summed E-state index contributed by atoms with van der Waals surface area (Å²) in [6.07, 6.45) is 1.83. The summed E-state index contributed by atoms with van der Waals surface area (Å²) >= 11 is 1.47. The van der Waals surface area contributed by atoms with E-state index in [9.17, 15) is 9.59 Å². The van der Waals surface area contributed by atoms with Crippen LogP contribution in [0.3, 0.4) is 0 Å². The predicted octanol–water partition coefficient (Wildman–Crippen LogP) is 3.87. The van der Waals surface area contributed by atoms with Gasteiger partial charge in [-0.15, -0.1) is 0 Å². The number of aromatic nitrogens is 2. The Bertz CT molecular complexity index is 1080. The van der Waals surface area contributed by atoms with Crippen LogP contribution in [0.4, 0.5) is 5.13 Å². The molecule has 0 spiro atoms. The molecule has 8 nitrogen and oxygen atoms in total. The monoisotopic (exact) mass is 457 g/mol. The Morgan fingerprint density at radius 3 is 2.81 bits per heavy atom. The molecular formula is C23H27N3O5S. The zero-order valence-corrected chi connectivity index (χ0v) is 19.3. The van der Waals surface area contributed by atoms with E-state index >= 15 is 0 Å². The lowest BCUT2D eigenvalue weighted by molar-refractivity contribution is 0.0386. The first-order chi connectivity index (χ1) is 15.5. The number of amides is 1. The molecule has 0 bridgehead atoms. The summed E-state index contributed by atoms with van der Waals surface area (Å²) in [4.78, 5) is 35.8. The van der Waals surface area contributed by atoms with Crippen LogP contribution in [0, 0.1) is 13.8 Å². The number of nitrogens with zero attached hydrogens (tertiary/aromatic N) is 2. The molecule has 1 N–H and O–H groups in total. The smallest absolute Gasteiger partial charge is 0.340 e. The number of aryl methyl sites for hydroxylation is 1. The summed E-state index contributed by atoms with van der Waals surface area (Å²) < 4.78 is 17.0. The molecule has 3 aromatic rings. The largest absolute Gasteiger partial charge is 0.460 e. The van der Waals surface area contributed by atoms with Gasteiger partial charge in [-0.1, -0.05) is 23.5 Å². The van der Waals surface area contributed by atoms with Crippen LogP contribution in [0.25, 0.3) is 10.2 Å². The Balaban J connectivity index is 1.66. The minimum atomic E-state index is -0.474. The first-order valence-corrected chi connectivity index (χ1v) is 11.5. The fraction of sp³-hybridized carbons (Fsp3) is 0.435. The van der Waals surface area contributed by atoms with Gasteiger partial charge in [0.25, 0.3) is 5.91 Å². The van der Waals surface area contributed by atoms with Gasteiger partial charge in [-0.2, -0.15) is 0 Å². The number of nitrogens with one attached hydrogen (secondary N) is 1. The lowest BCUT2D eigenvalue weighted by Gasteiger charge is -2.23. The van der Waals surface area contributed by atoms with Crippen molar-refractivity contribution in [2.24, 2.45) is 0 Å². The Kier molecular flexibility index (Phi) is 6.88. The molecule has 1 atom stereocenters. The van der Waals surface area contributed by atoms with Crippen LogP contribution in [-0.2, 0) is 14.2 Å². The number of carbonyl (C=O) groups excluding carboxylic acids is 2. The van der Waals surface area contributed by atoms with Crippen molar-refractivity contribution in [1.82, 2.24) is 9.97 Å². The van der Waals surface area contributed by atoms with E-state index in [1.54, 1.807) is 25.9 Å². The molecule has 1 aliphatic rings. The summed E-state index contributed by atoms with van der Waals surface area (Å²) in [5.74, 6) is -0.714. The van der Waals surface area contributed by atoms with Crippen LogP contribution in [0.1, 0.15) is 44.9 Å². The molecule has 170 valence electrons. The van der Waals surface area contributed by atoms with Crippen LogP contribution in [0.2, 0.25) is 0 Å². The third-order valence-corrected chi connectivity index (χ3v) is 6.60. The second-order valence-corrected chi connectivity index (χ2v) is 8.78. The summed E-state index contributed by atoms with van der Waals surface area (Å²) in [5.41, 5.74) is 2.74. The van der Waals surface area contributed by atoms with Crippen molar-refractivity contribution in [1.29, 1.82) is 0 Å². The van der Waals surface area contributed by atoms with E-state index in [-0.39, 0.29) is 18.6 Å². The number of fused-ring (bicyclic) bond motifs is 1. The lowest BCUT2D eigenvalue weighted by Crippen LogP contribution is -2.38. The van der Waals surface area contributed by atoms with Crippen LogP contribution in [0.15, 0.2) is 24.3 Å². The van der Waals surface area contributed by atoms with Gasteiger partial charge in [-0.05, 0) is 44.4 Å². The van der Waals surface area contributed by atoms with Gasteiger partial charge < -0.3 is 19.2 Å². The first-order valence-electron chi connectivity index (χ1n) is 10.6.